The Bertz CT molecular complexity index is 1680. The molecule has 2 fully saturated rings. The van der Waals surface area contributed by atoms with Crippen LogP contribution in [-0.4, -0.2) is 89.6 Å². The summed E-state index contributed by atoms with van der Waals surface area (Å²) in [6.45, 7) is 8.88. The van der Waals surface area contributed by atoms with Gasteiger partial charge in [-0.25, -0.2) is 9.78 Å². The van der Waals surface area contributed by atoms with Gasteiger partial charge < -0.3 is 34.5 Å². The number of rotatable bonds is 8. The lowest BCUT2D eigenvalue weighted by Gasteiger charge is -2.24. The van der Waals surface area contributed by atoms with E-state index in [9.17, 15) is 14.4 Å². The Balaban J connectivity index is 1.56. The monoisotopic (exact) mass is 676 g/mol. The Morgan fingerprint density at radius 1 is 1.09 bits per heavy atom. The third-order valence-electron chi connectivity index (χ3n) is 7.94. The third kappa shape index (κ3) is 7.11. The summed E-state index contributed by atoms with van der Waals surface area (Å²) in [5.41, 5.74) is -0.173. The van der Waals surface area contributed by atoms with Crippen LogP contribution in [0.15, 0.2) is 23.1 Å². The van der Waals surface area contributed by atoms with Crippen LogP contribution >= 0.6 is 23.2 Å². The molecule has 13 nitrogen and oxygen atoms in total. The molecule has 0 bridgehead atoms. The second kappa shape index (κ2) is 13.5. The van der Waals surface area contributed by atoms with E-state index in [0.717, 1.165) is 6.42 Å². The zero-order valence-corrected chi connectivity index (χ0v) is 28.1. The second-order valence-electron chi connectivity index (χ2n) is 12.4. The molecule has 2 amide bonds. The molecule has 5 rings (SSSR count). The van der Waals surface area contributed by atoms with E-state index < -0.39 is 17.7 Å². The molecule has 3 atom stereocenters. The Morgan fingerprint density at radius 3 is 2.37 bits per heavy atom. The second-order valence-corrected chi connectivity index (χ2v) is 13.1. The van der Waals surface area contributed by atoms with Crippen LogP contribution in [0.1, 0.15) is 34.1 Å². The molecule has 46 heavy (non-hydrogen) atoms. The molecular formula is C31H38Cl2N6O7. The van der Waals surface area contributed by atoms with Gasteiger partial charge in [0.05, 0.1) is 55.1 Å². The van der Waals surface area contributed by atoms with Crippen LogP contribution in [0.25, 0.3) is 22.2 Å². The van der Waals surface area contributed by atoms with E-state index in [1.807, 2.05) is 0 Å². The highest BCUT2D eigenvalue weighted by Crippen LogP contribution is 2.45. The molecule has 2 aromatic heterocycles. The van der Waals surface area contributed by atoms with E-state index in [4.69, 9.17) is 47.1 Å². The number of aromatic nitrogens is 3. The maximum absolute atomic E-state index is 14.4. The Hall–Kier alpha value is -3.81. The molecule has 2 aliphatic rings. The van der Waals surface area contributed by atoms with Crippen LogP contribution in [0.5, 0.6) is 11.5 Å². The molecule has 2 saturated heterocycles. The van der Waals surface area contributed by atoms with Gasteiger partial charge in [0.15, 0.2) is 0 Å². The van der Waals surface area contributed by atoms with Gasteiger partial charge in [0, 0.05) is 49.8 Å². The van der Waals surface area contributed by atoms with Crippen LogP contribution in [-0.2, 0) is 20.8 Å². The number of carbonyl (C=O) groups is 2. The summed E-state index contributed by atoms with van der Waals surface area (Å²) in [5.74, 6) is 0.818. The number of hydrogen-bond donors (Lipinski definition) is 2. The summed E-state index contributed by atoms with van der Waals surface area (Å²) in [6.07, 6.45) is 1.77. The van der Waals surface area contributed by atoms with Crippen molar-refractivity contribution in [3.63, 3.8) is 0 Å². The average molecular weight is 678 g/mol. The lowest BCUT2D eigenvalue weighted by molar-refractivity contribution is -0.127. The molecule has 0 spiro atoms. The number of pyridine rings is 1. The smallest absolute Gasteiger partial charge is 0.408 e. The molecule has 2 N–H and O–H groups in total. The van der Waals surface area contributed by atoms with Crippen molar-refractivity contribution < 1.29 is 28.5 Å². The molecular weight excluding hydrogens is 639 g/mol. The fourth-order valence-electron chi connectivity index (χ4n) is 5.69. The lowest BCUT2D eigenvalue weighted by Crippen LogP contribution is -2.47. The fraction of sp³-hybridized carbons (Fsp3) is 0.516. The van der Waals surface area contributed by atoms with Crippen LogP contribution in [0, 0.1) is 5.92 Å². The molecule has 2 aliphatic heterocycles. The van der Waals surface area contributed by atoms with Gasteiger partial charge in [-0.3, -0.25) is 14.2 Å². The van der Waals surface area contributed by atoms with Gasteiger partial charge in [-0.05, 0) is 39.2 Å². The highest BCUT2D eigenvalue weighted by Gasteiger charge is 2.32. The first-order valence-electron chi connectivity index (χ1n) is 14.9. The number of alkyl carbamates (subject to hydrolysis) is 1. The summed E-state index contributed by atoms with van der Waals surface area (Å²) < 4.78 is 23.5. The molecule has 1 aromatic carbocycles. The topological polar surface area (TPSA) is 146 Å². The minimum Gasteiger partial charge on any atom is -0.495 e. The van der Waals surface area contributed by atoms with Gasteiger partial charge in [-0.2, -0.15) is 4.98 Å². The number of likely N-dealkylation sites (tertiary alicyclic amines) is 1. The zero-order chi connectivity index (χ0) is 33.3. The van der Waals surface area contributed by atoms with E-state index in [2.05, 4.69) is 15.6 Å². The van der Waals surface area contributed by atoms with Gasteiger partial charge in [0.2, 0.25) is 11.9 Å². The van der Waals surface area contributed by atoms with Gasteiger partial charge >= 0.3 is 6.09 Å². The van der Waals surface area contributed by atoms with Crippen molar-refractivity contribution >= 4 is 52.2 Å². The molecule has 248 valence electrons. The number of carbonyl (C=O) groups excluding carboxylic acids is 2. The van der Waals surface area contributed by atoms with E-state index in [1.54, 1.807) is 48.6 Å². The average Bonchev–Trinajstić information content (AvgIpc) is 3.64. The molecule has 15 heteroatoms. The number of hydrogen-bond acceptors (Lipinski definition) is 10. The highest BCUT2D eigenvalue weighted by atomic mass is 35.5. The molecule has 0 unspecified atom stereocenters. The predicted octanol–water partition coefficient (Wildman–Crippen LogP) is 4.35. The number of nitrogens with zero attached hydrogens (tertiary/aromatic N) is 4. The summed E-state index contributed by atoms with van der Waals surface area (Å²) >= 11 is 13.5. The molecule has 3 aromatic rings. The van der Waals surface area contributed by atoms with E-state index >= 15 is 0 Å². The van der Waals surface area contributed by atoms with Crippen molar-refractivity contribution in [3.05, 3.63) is 38.7 Å². The van der Waals surface area contributed by atoms with Crippen molar-refractivity contribution in [1.29, 1.82) is 0 Å². The quantitative estimate of drug-likeness (QED) is 0.353. The number of halogens is 2. The molecule has 0 radical (unpaired) electrons. The number of anilines is 1. The SMILES string of the molecule is COc1cc(OC)c(Cl)c(-c2cc3cnc(N[C@@H]4COC[C@@H]4NC(=O)OC(C)(C)C)nc3n(C[C@@H]3CCN(C(C)=O)C3)c2=O)c1Cl. The van der Waals surface area contributed by atoms with Crippen LogP contribution in [0.2, 0.25) is 10.0 Å². The highest BCUT2D eigenvalue weighted by molar-refractivity contribution is 6.41. The van der Waals surface area contributed by atoms with Gasteiger partial charge in [-0.1, -0.05) is 23.2 Å². The minimum atomic E-state index is -0.651. The first-order valence-corrected chi connectivity index (χ1v) is 15.7. The first kappa shape index (κ1) is 33.6. The maximum Gasteiger partial charge on any atom is 0.408 e. The Morgan fingerprint density at radius 2 is 1.76 bits per heavy atom. The number of ether oxygens (including phenoxy) is 4. The first-order chi connectivity index (χ1) is 21.8. The van der Waals surface area contributed by atoms with E-state index in [1.165, 1.54) is 21.1 Å². The van der Waals surface area contributed by atoms with Gasteiger partial charge in [0.1, 0.15) is 22.7 Å². The minimum absolute atomic E-state index is 0.00264. The third-order valence-corrected chi connectivity index (χ3v) is 8.69. The summed E-state index contributed by atoms with van der Waals surface area (Å²) in [7, 11) is 2.92. The number of benzene rings is 1. The summed E-state index contributed by atoms with van der Waals surface area (Å²) in [4.78, 5) is 49.9. The molecule has 4 heterocycles. The summed E-state index contributed by atoms with van der Waals surface area (Å²) in [6, 6.07) is 2.44. The van der Waals surface area contributed by atoms with Gasteiger partial charge in [-0.15, -0.1) is 0 Å². The maximum atomic E-state index is 14.4. The standard InChI is InChI=1S/C31H38Cl2N6O7/c1-16(40)38-8-7-17(12-38)13-39-27-18(9-19(28(39)41)24-25(32)22(43-5)10-23(44-6)26(24)33)11-34-29(37-27)35-20-14-45-15-21(20)36-30(42)46-31(2,3)4/h9-11,17,20-21H,7-8,12-15H2,1-6H3,(H,36,42)(H,34,35,37)/t17-,20-,21+/m1/s1. The van der Waals surface area contributed by atoms with Crippen molar-refractivity contribution in [2.24, 2.45) is 5.92 Å². The fourth-order valence-corrected chi connectivity index (χ4v) is 6.39. The Labute approximate surface area is 276 Å². The Kier molecular flexibility index (Phi) is 9.85. The number of amides is 2. The van der Waals surface area contributed by atoms with Crippen molar-refractivity contribution in [3.8, 4) is 22.6 Å². The van der Waals surface area contributed by atoms with Gasteiger partial charge in [0.25, 0.3) is 5.56 Å². The molecule has 0 saturated carbocycles. The van der Waals surface area contributed by atoms with Crippen LogP contribution < -0.4 is 25.7 Å². The lowest BCUT2D eigenvalue weighted by atomic mass is 10.0. The summed E-state index contributed by atoms with van der Waals surface area (Å²) in [5, 5.41) is 6.96. The largest absolute Gasteiger partial charge is 0.495 e. The van der Waals surface area contributed by atoms with Crippen molar-refractivity contribution in [2.75, 3.05) is 45.8 Å². The zero-order valence-electron chi connectivity index (χ0n) is 26.6. The van der Waals surface area contributed by atoms with Crippen molar-refractivity contribution in [2.45, 2.75) is 58.3 Å². The number of nitrogens with one attached hydrogen (secondary N) is 2. The van der Waals surface area contributed by atoms with Crippen molar-refractivity contribution in [1.82, 2.24) is 24.8 Å². The van der Waals surface area contributed by atoms with Crippen LogP contribution in [0.3, 0.4) is 0 Å². The van der Waals surface area contributed by atoms with E-state index in [0.29, 0.717) is 42.2 Å². The number of methoxy groups -OCH3 is 2. The normalized spacial score (nSPS) is 19.7. The van der Waals surface area contributed by atoms with Crippen LogP contribution in [0.4, 0.5) is 10.7 Å². The number of fused-ring (bicyclic) bond motifs is 1. The molecule has 0 aliphatic carbocycles. The predicted molar refractivity (Wildman–Crippen MR) is 174 cm³/mol. The van der Waals surface area contributed by atoms with E-state index in [-0.39, 0.29) is 63.7 Å².